The van der Waals surface area contributed by atoms with Crippen molar-refractivity contribution >= 4 is 23.0 Å². The van der Waals surface area contributed by atoms with Crippen LogP contribution in [0.1, 0.15) is 42.4 Å². The normalized spacial score (nSPS) is 14.8. The van der Waals surface area contributed by atoms with Crippen LogP contribution < -0.4 is 11.1 Å². The van der Waals surface area contributed by atoms with E-state index < -0.39 is 0 Å². The molecule has 3 N–H and O–H groups in total. The lowest BCUT2D eigenvalue weighted by Gasteiger charge is -2.38. The van der Waals surface area contributed by atoms with Crippen molar-refractivity contribution in [1.29, 1.82) is 0 Å². The maximum absolute atomic E-state index is 13.7. The molecule has 176 valence electrons. The average Bonchev–Trinajstić information content (AvgIpc) is 3.43. The summed E-state index contributed by atoms with van der Waals surface area (Å²) in [6.07, 6.45) is 8.45. The van der Waals surface area contributed by atoms with Gasteiger partial charge in [-0.3, -0.25) is 9.20 Å². The number of anilines is 1. The molecule has 1 aliphatic rings. The van der Waals surface area contributed by atoms with E-state index in [1.165, 1.54) is 12.1 Å². The van der Waals surface area contributed by atoms with E-state index in [0.717, 1.165) is 36.2 Å². The number of nitrogens with one attached hydrogen (secondary N) is 1. The Morgan fingerprint density at radius 1 is 1.06 bits per heavy atom. The molecule has 35 heavy (non-hydrogen) atoms. The minimum absolute atomic E-state index is 0.182. The largest absolute Gasteiger partial charge is 0.381 e. The van der Waals surface area contributed by atoms with Gasteiger partial charge in [-0.2, -0.15) is 0 Å². The lowest BCUT2D eigenvalue weighted by molar-refractivity contribution is 0.0846. The minimum atomic E-state index is -0.342. The molecule has 0 aliphatic heterocycles. The van der Waals surface area contributed by atoms with Crippen LogP contribution >= 0.6 is 0 Å². The molecule has 0 saturated heterocycles. The number of benzene rings is 1. The molecule has 5 aromatic rings. The zero-order chi connectivity index (χ0) is 24.3. The first kappa shape index (κ1) is 21.3. The van der Waals surface area contributed by atoms with Gasteiger partial charge in [0.15, 0.2) is 11.5 Å². The Hall–Kier alpha value is -4.27. The van der Waals surface area contributed by atoms with Gasteiger partial charge in [0.2, 0.25) is 0 Å². The van der Waals surface area contributed by atoms with Crippen LogP contribution in [0.3, 0.4) is 0 Å². The molecule has 1 fully saturated rings. The van der Waals surface area contributed by atoms with E-state index in [-0.39, 0.29) is 28.8 Å². The smallest absolute Gasteiger partial charge is 0.271 e. The quantitative estimate of drug-likeness (QED) is 0.406. The number of rotatable bonds is 4. The highest BCUT2D eigenvalue weighted by molar-refractivity contribution is 5.95. The van der Waals surface area contributed by atoms with Gasteiger partial charge in [0.25, 0.3) is 5.91 Å². The fourth-order valence-corrected chi connectivity index (χ4v) is 4.68. The van der Waals surface area contributed by atoms with Gasteiger partial charge in [-0.05, 0) is 69.5 Å². The fourth-order valence-electron chi connectivity index (χ4n) is 4.68. The Labute approximate surface area is 200 Å². The van der Waals surface area contributed by atoms with Crippen LogP contribution in [0.15, 0.2) is 55.0 Å². The molecule has 8 nitrogen and oxygen atoms in total. The van der Waals surface area contributed by atoms with Crippen LogP contribution in [-0.2, 0) is 0 Å². The second-order valence-corrected chi connectivity index (χ2v) is 9.43. The first-order chi connectivity index (χ1) is 16.8. The molecular weight excluding hydrogens is 445 g/mol. The van der Waals surface area contributed by atoms with Crippen molar-refractivity contribution in [2.24, 2.45) is 0 Å². The molecule has 0 atom stereocenters. The number of nitrogens with zero attached hydrogens (tertiary/aromatic N) is 5. The van der Waals surface area contributed by atoms with Crippen LogP contribution in [0, 0.1) is 12.7 Å². The molecule has 1 saturated carbocycles. The summed E-state index contributed by atoms with van der Waals surface area (Å²) < 4.78 is 17.5. The maximum atomic E-state index is 13.7. The van der Waals surface area contributed by atoms with Gasteiger partial charge in [-0.25, -0.2) is 19.3 Å². The zero-order valence-corrected chi connectivity index (χ0v) is 19.4. The standard InChI is InChI=1S/C26H24FN7O/c1-15-12-29-20-9-6-17(13-33(15)20)22-21(16-4-7-18(27)8-5-16)31-23(28)24-30-19(14-34(22)24)25(35)32-26(2)10-3-11-26/h4-9,12-14H,3,10-11H2,1-2H3,(H2,28,31)(H,32,35). The second kappa shape index (κ2) is 7.63. The molecule has 0 unspecified atom stereocenters. The number of aryl methyl sites for hydroxylation is 1. The number of imidazole rings is 2. The number of hydrogen-bond acceptors (Lipinski definition) is 5. The van der Waals surface area contributed by atoms with Crippen LogP contribution in [0.4, 0.5) is 10.2 Å². The van der Waals surface area contributed by atoms with Crippen LogP contribution in [0.5, 0.6) is 0 Å². The zero-order valence-electron chi connectivity index (χ0n) is 19.4. The predicted octanol–water partition coefficient (Wildman–Crippen LogP) is 4.41. The maximum Gasteiger partial charge on any atom is 0.271 e. The molecule has 4 heterocycles. The Balaban J connectivity index is 1.59. The van der Waals surface area contributed by atoms with Crippen LogP contribution in [0.2, 0.25) is 0 Å². The third-order valence-electron chi connectivity index (χ3n) is 6.82. The highest BCUT2D eigenvalue weighted by Crippen LogP contribution is 2.35. The lowest BCUT2D eigenvalue weighted by Crippen LogP contribution is -2.51. The van der Waals surface area contributed by atoms with Crippen LogP contribution in [0.25, 0.3) is 33.8 Å². The van der Waals surface area contributed by atoms with E-state index in [9.17, 15) is 9.18 Å². The summed E-state index contributed by atoms with van der Waals surface area (Å²) in [4.78, 5) is 26.7. The van der Waals surface area contributed by atoms with E-state index >= 15 is 0 Å². The highest BCUT2D eigenvalue weighted by atomic mass is 19.1. The third kappa shape index (κ3) is 3.51. The number of halogens is 1. The first-order valence-electron chi connectivity index (χ1n) is 11.5. The topological polar surface area (TPSA) is 103 Å². The van der Waals surface area contributed by atoms with E-state index in [1.807, 2.05) is 36.6 Å². The molecule has 1 amide bonds. The summed E-state index contributed by atoms with van der Waals surface area (Å²) in [5, 5.41) is 3.10. The number of amides is 1. The van der Waals surface area contributed by atoms with Crippen molar-refractivity contribution in [2.75, 3.05) is 5.73 Å². The predicted molar refractivity (Wildman–Crippen MR) is 131 cm³/mol. The number of nitrogens with two attached hydrogens (primary N) is 1. The summed E-state index contributed by atoms with van der Waals surface area (Å²) >= 11 is 0. The Bertz CT molecular complexity index is 1610. The molecular formula is C26H24FN7O. The van der Waals surface area contributed by atoms with Gasteiger partial charge in [0.1, 0.15) is 17.2 Å². The van der Waals surface area contributed by atoms with E-state index in [4.69, 9.17) is 5.73 Å². The molecule has 4 aromatic heterocycles. The number of aromatic nitrogens is 5. The fraction of sp³-hybridized carbons (Fsp3) is 0.231. The van der Waals surface area contributed by atoms with Crippen LogP contribution in [-0.4, -0.2) is 35.2 Å². The van der Waals surface area contributed by atoms with Crippen molar-refractivity contribution in [1.82, 2.24) is 29.1 Å². The number of hydrogen-bond donors (Lipinski definition) is 2. The molecule has 0 bridgehead atoms. The monoisotopic (exact) mass is 469 g/mol. The van der Waals surface area contributed by atoms with Crippen molar-refractivity contribution < 1.29 is 9.18 Å². The second-order valence-electron chi connectivity index (χ2n) is 9.43. The number of pyridine rings is 1. The summed E-state index contributed by atoms with van der Waals surface area (Å²) in [7, 11) is 0. The number of nitrogen functional groups attached to an aromatic ring is 1. The minimum Gasteiger partial charge on any atom is -0.381 e. The van der Waals surface area contributed by atoms with Gasteiger partial charge in [0, 0.05) is 41.0 Å². The van der Waals surface area contributed by atoms with Gasteiger partial charge in [-0.15, -0.1) is 0 Å². The Morgan fingerprint density at radius 3 is 2.51 bits per heavy atom. The van der Waals surface area contributed by atoms with E-state index in [0.29, 0.717) is 22.6 Å². The molecule has 0 radical (unpaired) electrons. The summed E-state index contributed by atoms with van der Waals surface area (Å²) in [6.45, 7) is 4.02. The van der Waals surface area contributed by atoms with Crippen molar-refractivity contribution in [2.45, 2.75) is 38.6 Å². The first-order valence-corrected chi connectivity index (χ1v) is 11.5. The molecule has 1 aliphatic carbocycles. The number of carbonyl (C=O) groups is 1. The van der Waals surface area contributed by atoms with E-state index in [1.54, 1.807) is 28.9 Å². The van der Waals surface area contributed by atoms with Gasteiger partial charge >= 0.3 is 0 Å². The number of fused-ring (bicyclic) bond motifs is 2. The SMILES string of the molecule is Cc1cnc2ccc(-c3c(-c4ccc(F)cc4)nc(N)c4nc(C(=O)NC5(C)CCC5)cn34)cn12. The lowest BCUT2D eigenvalue weighted by atomic mass is 9.78. The Morgan fingerprint density at radius 2 is 1.80 bits per heavy atom. The van der Waals surface area contributed by atoms with Crippen molar-refractivity contribution in [3.05, 3.63) is 72.2 Å². The molecule has 6 rings (SSSR count). The molecule has 0 spiro atoms. The highest BCUT2D eigenvalue weighted by Gasteiger charge is 2.34. The van der Waals surface area contributed by atoms with Gasteiger partial charge < -0.3 is 15.5 Å². The summed E-state index contributed by atoms with van der Waals surface area (Å²) in [6, 6.07) is 9.95. The average molecular weight is 470 g/mol. The van der Waals surface area contributed by atoms with Crippen molar-refractivity contribution in [3.63, 3.8) is 0 Å². The van der Waals surface area contributed by atoms with E-state index in [2.05, 4.69) is 20.3 Å². The third-order valence-corrected chi connectivity index (χ3v) is 6.82. The molecule has 1 aromatic carbocycles. The van der Waals surface area contributed by atoms with Crippen molar-refractivity contribution in [3.8, 4) is 22.5 Å². The molecule has 9 heteroatoms. The van der Waals surface area contributed by atoms with Gasteiger partial charge in [0.05, 0.1) is 11.4 Å². The van der Waals surface area contributed by atoms with Gasteiger partial charge in [-0.1, -0.05) is 0 Å². The number of carbonyl (C=O) groups excluding carboxylic acids is 1. The summed E-state index contributed by atoms with van der Waals surface area (Å²) in [5.74, 6) is -0.404. The Kier molecular flexibility index (Phi) is 4.64. The summed E-state index contributed by atoms with van der Waals surface area (Å²) in [5.41, 5.74) is 11.3.